The Morgan fingerprint density at radius 3 is 2.95 bits per heavy atom. The fourth-order valence-corrected chi connectivity index (χ4v) is 2.57. The number of nitrogens with zero attached hydrogens (tertiary/aromatic N) is 2. The van der Waals surface area contributed by atoms with E-state index in [1.165, 1.54) is 11.3 Å². The molecule has 1 aromatic heterocycles. The van der Waals surface area contributed by atoms with Gasteiger partial charge in [-0.15, -0.1) is 0 Å². The first-order valence-electron chi connectivity index (χ1n) is 6.30. The molecule has 3 rings (SSSR count). The van der Waals surface area contributed by atoms with Gasteiger partial charge in [0.2, 0.25) is 0 Å². The van der Waals surface area contributed by atoms with Crippen LogP contribution in [-0.2, 0) is 6.42 Å². The fraction of sp³-hybridized carbons (Fsp3) is 0.286. The summed E-state index contributed by atoms with van der Waals surface area (Å²) < 4.78 is 0.526. The lowest BCUT2D eigenvalue weighted by Crippen LogP contribution is -2.08. The topological polar surface area (TPSA) is 44.0 Å². The van der Waals surface area contributed by atoms with Gasteiger partial charge in [-0.3, -0.25) is 0 Å². The standard InChI is InChI=1S/C14H16N4S/c1-18(2)10-5-3-4-9(8-10)12-11-6-7-15-13(11)17-14(19)16-12/h3-5,8H,6-7H2,1-2H3,(H2,15,16,17,19). The third kappa shape index (κ3) is 2.21. The van der Waals surface area contributed by atoms with Crippen LogP contribution in [0.2, 0.25) is 0 Å². The Bertz CT molecular complexity index is 675. The van der Waals surface area contributed by atoms with Crippen LogP contribution in [0.3, 0.4) is 0 Å². The number of aromatic amines is 1. The summed E-state index contributed by atoms with van der Waals surface area (Å²) in [5.74, 6) is 0.925. The van der Waals surface area contributed by atoms with E-state index in [9.17, 15) is 0 Å². The Morgan fingerprint density at radius 1 is 1.32 bits per heavy atom. The normalized spacial score (nSPS) is 12.9. The summed E-state index contributed by atoms with van der Waals surface area (Å²) in [6.07, 6.45) is 0.982. The van der Waals surface area contributed by atoms with Crippen molar-refractivity contribution in [3.8, 4) is 11.3 Å². The van der Waals surface area contributed by atoms with Crippen LogP contribution in [0.5, 0.6) is 0 Å². The van der Waals surface area contributed by atoms with Crippen LogP contribution < -0.4 is 10.2 Å². The van der Waals surface area contributed by atoms with E-state index in [1.807, 2.05) is 14.1 Å². The number of aromatic nitrogens is 2. The molecule has 98 valence electrons. The molecule has 0 saturated heterocycles. The highest BCUT2D eigenvalue weighted by molar-refractivity contribution is 7.71. The molecular weight excluding hydrogens is 256 g/mol. The summed E-state index contributed by atoms with van der Waals surface area (Å²) in [5.41, 5.74) is 4.64. The van der Waals surface area contributed by atoms with E-state index >= 15 is 0 Å². The lowest BCUT2D eigenvalue weighted by atomic mass is 10.0. The highest BCUT2D eigenvalue weighted by Gasteiger charge is 2.17. The van der Waals surface area contributed by atoms with Crippen molar-refractivity contribution >= 4 is 23.7 Å². The molecule has 0 bridgehead atoms. The largest absolute Gasteiger partial charge is 0.378 e. The number of hydrogen-bond acceptors (Lipinski definition) is 4. The molecule has 0 atom stereocenters. The van der Waals surface area contributed by atoms with Crippen molar-refractivity contribution < 1.29 is 0 Å². The summed E-state index contributed by atoms with van der Waals surface area (Å²) >= 11 is 5.21. The zero-order valence-corrected chi connectivity index (χ0v) is 11.8. The summed E-state index contributed by atoms with van der Waals surface area (Å²) in [4.78, 5) is 9.67. The van der Waals surface area contributed by atoms with Gasteiger partial charge in [0, 0.05) is 37.5 Å². The first-order valence-corrected chi connectivity index (χ1v) is 6.71. The molecule has 19 heavy (non-hydrogen) atoms. The molecule has 0 fully saturated rings. The number of benzene rings is 1. The lowest BCUT2D eigenvalue weighted by molar-refractivity contribution is 1.08. The number of hydrogen-bond donors (Lipinski definition) is 2. The van der Waals surface area contributed by atoms with Crippen molar-refractivity contribution in [2.75, 3.05) is 30.9 Å². The quantitative estimate of drug-likeness (QED) is 0.825. The van der Waals surface area contributed by atoms with Crippen molar-refractivity contribution in [1.82, 2.24) is 9.97 Å². The molecule has 1 aromatic carbocycles. The lowest BCUT2D eigenvalue weighted by Gasteiger charge is -2.14. The second-order valence-electron chi connectivity index (χ2n) is 4.87. The van der Waals surface area contributed by atoms with Crippen molar-refractivity contribution in [1.29, 1.82) is 0 Å². The van der Waals surface area contributed by atoms with Gasteiger partial charge in [-0.05, 0) is 30.8 Å². The average Bonchev–Trinajstić information content (AvgIpc) is 2.85. The van der Waals surface area contributed by atoms with Gasteiger partial charge in [0.15, 0.2) is 4.77 Å². The highest BCUT2D eigenvalue weighted by atomic mass is 32.1. The van der Waals surface area contributed by atoms with Crippen LogP contribution in [0.15, 0.2) is 24.3 Å². The number of anilines is 2. The smallest absolute Gasteiger partial charge is 0.199 e. The van der Waals surface area contributed by atoms with Gasteiger partial charge in [0.25, 0.3) is 0 Å². The Balaban J connectivity index is 2.17. The predicted octanol–water partition coefficient (Wildman–Crippen LogP) is 2.84. The van der Waals surface area contributed by atoms with Gasteiger partial charge in [-0.2, -0.15) is 0 Å². The van der Waals surface area contributed by atoms with Crippen LogP contribution in [0.25, 0.3) is 11.3 Å². The molecule has 0 amide bonds. The first-order chi connectivity index (χ1) is 9.15. The molecule has 1 aliphatic rings. The van der Waals surface area contributed by atoms with E-state index in [0.29, 0.717) is 4.77 Å². The van der Waals surface area contributed by atoms with Gasteiger partial charge in [0.05, 0.1) is 5.69 Å². The fourth-order valence-electron chi connectivity index (χ4n) is 2.38. The van der Waals surface area contributed by atoms with Crippen LogP contribution in [0, 0.1) is 4.77 Å². The second kappa shape index (κ2) is 4.66. The van der Waals surface area contributed by atoms with Crippen LogP contribution >= 0.6 is 12.2 Å². The number of nitrogens with one attached hydrogen (secondary N) is 2. The summed E-state index contributed by atoms with van der Waals surface area (Å²) in [5, 5.41) is 3.28. The molecule has 2 N–H and O–H groups in total. The van der Waals surface area contributed by atoms with Crippen molar-refractivity contribution in [3.63, 3.8) is 0 Å². The Hall–Kier alpha value is -1.88. The Kier molecular flexibility index (Phi) is 2.98. The van der Waals surface area contributed by atoms with Crippen molar-refractivity contribution in [3.05, 3.63) is 34.6 Å². The van der Waals surface area contributed by atoms with Gasteiger partial charge in [-0.1, -0.05) is 12.1 Å². The first kappa shape index (κ1) is 12.2. The molecule has 0 radical (unpaired) electrons. The molecular formula is C14H16N4S. The molecule has 5 heteroatoms. The maximum absolute atomic E-state index is 5.21. The van der Waals surface area contributed by atoms with Gasteiger partial charge in [0.1, 0.15) is 5.82 Å². The minimum absolute atomic E-state index is 0.526. The molecule has 2 heterocycles. The summed E-state index contributed by atoms with van der Waals surface area (Å²) in [6, 6.07) is 8.43. The molecule has 0 aliphatic carbocycles. The minimum atomic E-state index is 0.526. The van der Waals surface area contributed by atoms with Gasteiger partial charge >= 0.3 is 0 Å². The highest BCUT2D eigenvalue weighted by Crippen LogP contribution is 2.31. The molecule has 1 aliphatic heterocycles. The predicted molar refractivity (Wildman–Crippen MR) is 81.4 cm³/mol. The van der Waals surface area contributed by atoms with E-state index in [2.05, 4.69) is 44.5 Å². The van der Waals surface area contributed by atoms with E-state index in [-0.39, 0.29) is 0 Å². The third-order valence-corrected chi connectivity index (χ3v) is 3.54. The maximum atomic E-state index is 5.21. The summed E-state index contributed by atoms with van der Waals surface area (Å²) in [7, 11) is 4.08. The van der Waals surface area contributed by atoms with Crippen LogP contribution in [0.4, 0.5) is 11.5 Å². The van der Waals surface area contributed by atoms with Crippen molar-refractivity contribution in [2.45, 2.75) is 6.42 Å². The number of H-pyrrole nitrogens is 1. The Morgan fingerprint density at radius 2 is 2.16 bits per heavy atom. The number of fused-ring (bicyclic) bond motifs is 1. The maximum Gasteiger partial charge on any atom is 0.199 e. The second-order valence-corrected chi connectivity index (χ2v) is 5.25. The zero-order chi connectivity index (χ0) is 13.4. The van der Waals surface area contributed by atoms with E-state index in [4.69, 9.17) is 12.2 Å². The van der Waals surface area contributed by atoms with E-state index in [0.717, 1.165) is 30.0 Å². The SMILES string of the molecule is CN(C)c1cccc(-c2[nH]c(=S)nc3c2CCN3)c1. The minimum Gasteiger partial charge on any atom is -0.378 e. The van der Waals surface area contributed by atoms with E-state index < -0.39 is 0 Å². The Labute approximate surface area is 117 Å². The van der Waals surface area contributed by atoms with E-state index in [1.54, 1.807) is 0 Å². The van der Waals surface area contributed by atoms with Gasteiger partial charge in [-0.25, -0.2) is 4.98 Å². The van der Waals surface area contributed by atoms with Gasteiger partial charge < -0.3 is 15.2 Å². The zero-order valence-electron chi connectivity index (χ0n) is 11.0. The molecule has 2 aromatic rings. The molecule has 0 unspecified atom stereocenters. The van der Waals surface area contributed by atoms with Crippen molar-refractivity contribution in [2.24, 2.45) is 0 Å². The average molecular weight is 272 g/mol. The van der Waals surface area contributed by atoms with Crippen LogP contribution in [0.1, 0.15) is 5.56 Å². The van der Waals surface area contributed by atoms with Crippen LogP contribution in [-0.4, -0.2) is 30.6 Å². The number of rotatable bonds is 2. The molecule has 4 nitrogen and oxygen atoms in total. The summed E-state index contributed by atoms with van der Waals surface area (Å²) in [6.45, 7) is 0.926. The third-order valence-electron chi connectivity index (χ3n) is 3.35. The molecule has 0 spiro atoms. The monoisotopic (exact) mass is 272 g/mol. The molecule has 0 saturated carbocycles.